The maximum absolute atomic E-state index is 6.33. The molecule has 3 aliphatic rings. The van der Waals surface area contributed by atoms with Gasteiger partial charge in [0.15, 0.2) is 0 Å². The van der Waals surface area contributed by atoms with Crippen LogP contribution in [0.5, 0.6) is 0 Å². The zero-order chi connectivity index (χ0) is 41.9. The van der Waals surface area contributed by atoms with Gasteiger partial charge in [-0.25, -0.2) is 0 Å². The van der Waals surface area contributed by atoms with Crippen molar-refractivity contribution in [3.8, 4) is 27.9 Å². The maximum Gasteiger partial charge on any atom is 0.135 e. The molecule has 14 rings (SSSR count). The summed E-state index contributed by atoms with van der Waals surface area (Å²) in [5, 5.41) is 4.68. The Bertz CT molecular complexity index is 3740. The Balaban J connectivity index is 0.939. The van der Waals surface area contributed by atoms with Crippen LogP contribution in [0, 0.1) is 0 Å². The molecule has 11 aromatic rings. The quantitative estimate of drug-likeness (QED) is 0.173. The van der Waals surface area contributed by atoms with E-state index < -0.39 is 0 Å². The number of allylic oxidation sites excluding steroid dienone is 4. The van der Waals surface area contributed by atoms with Crippen LogP contribution in [0.2, 0.25) is 0 Å². The highest BCUT2D eigenvalue weighted by molar-refractivity contribution is 6.11. The number of rotatable bonds is 5. The largest absolute Gasteiger partial charge is 0.456 e. The second kappa shape index (κ2) is 13.4. The zero-order valence-corrected chi connectivity index (χ0v) is 35.0. The molecule has 300 valence electrons. The lowest BCUT2D eigenvalue weighted by Crippen LogP contribution is -2.27. The van der Waals surface area contributed by atoms with Gasteiger partial charge in [0, 0.05) is 44.3 Å². The van der Waals surface area contributed by atoms with Gasteiger partial charge in [-0.1, -0.05) is 146 Å². The van der Waals surface area contributed by atoms with Gasteiger partial charge in [0.05, 0.1) is 16.4 Å². The first-order chi connectivity index (χ1) is 31.7. The molecule has 0 bridgehead atoms. The molecular weight excluding hydrogens is 777 g/mol. The predicted octanol–water partition coefficient (Wildman–Crippen LogP) is 16.3. The maximum atomic E-state index is 6.33. The van der Waals surface area contributed by atoms with Crippen molar-refractivity contribution >= 4 is 66.4 Å². The summed E-state index contributed by atoms with van der Waals surface area (Å²) in [7, 11) is 0. The second-order valence-corrected chi connectivity index (χ2v) is 17.5. The molecular formula is C61H40N2O. The van der Waals surface area contributed by atoms with Gasteiger partial charge in [-0.15, -0.1) is 0 Å². The molecule has 3 nitrogen and oxygen atoms in total. The van der Waals surface area contributed by atoms with Crippen LogP contribution in [0.3, 0.4) is 0 Å². The zero-order valence-electron chi connectivity index (χ0n) is 35.0. The third-order valence-electron chi connectivity index (χ3n) is 14.3. The molecule has 9 aromatic carbocycles. The summed E-state index contributed by atoms with van der Waals surface area (Å²) >= 11 is 0. The molecule has 64 heavy (non-hydrogen) atoms. The van der Waals surface area contributed by atoms with Crippen LogP contribution < -0.4 is 4.90 Å². The Morgan fingerprint density at radius 3 is 1.91 bits per heavy atom. The standard InChI is InChI=1S/C61H40N2O/c1-2-14-41(15-3-1)63-57-24-12-7-19-49(57)50-34-31-44(38-58(50)63)62(43-32-35-60-52(37-43)51-20-8-13-25-59(51)64-60)42-29-26-39(27-30-42)40-28-33-48-47-18-6-11-23-55(47)61(56(48)36-40)53-21-9-4-16-45(53)46-17-5-10-22-54(46)61/h1-10,12-22,24-38H,11,23H2. The van der Waals surface area contributed by atoms with Crippen molar-refractivity contribution in [1.82, 2.24) is 4.57 Å². The SMILES string of the molecule is C1=CC2=C(CC1)C1(c3cc(-c4ccc(N(c5ccc6oc7ccccc7c6c5)c5ccc6c7ccccc7n(-c7ccccc7)c6c5)cc4)ccc32)c2ccccc2-c2ccccc21. The average Bonchev–Trinajstić information content (AvgIpc) is 4.08. The third-order valence-corrected chi connectivity index (χ3v) is 14.3. The Morgan fingerprint density at radius 1 is 0.438 bits per heavy atom. The second-order valence-electron chi connectivity index (χ2n) is 17.5. The third kappa shape index (κ3) is 4.87. The van der Waals surface area contributed by atoms with Crippen LogP contribution >= 0.6 is 0 Å². The van der Waals surface area contributed by atoms with Crippen LogP contribution in [0.25, 0.3) is 77.3 Å². The first-order valence-electron chi connectivity index (χ1n) is 22.4. The van der Waals surface area contributed by atoms with Gasteiger partial charge in [0.25, 0.3) is 0 Å². The van der Waals surface area contributed by atoms with Crippen molar-refractivity contribution in [1.29, 1.82) is 0 Å². The van der Waals surface area contributed by atoms with E-state index in [2.05, 4.69) is 222 Å². The highest BCUT2D eigenvalue weighted by Gasteiger charge is 2.52. The Hall–Kier alpha value is -8.14. The Kier molecular flexibility index (Phi) is 7.44. The number of nitrogens with zero attached hydrogens (tertiary/aromatic N) is 2. The summed E-state index contributed by atoms with van der Waals surface area (Å²) in [6.07, 6.45) is 6.87. The molecule has 0 saturated carbocycles. The lowest BCUT2D eigenvalue weighted by molar-refractivity contribution is 0.669. The van der Waals surface area contributed by atoms with E-state index in [-0.39, 0.29) is 5.41 Å². The monoisotopic (exact) mass is 816 g/mol. The van der Waals surface area contributed by atoms with Gasteiger partial charge < -0.3 is 13.9 Å². The van der Waals surface area contributed by atoms with Gasteiger partial charge in [-0.05, 0) is 141 Å². The number of benzene rings is 9. The molecule has 3 heteroatoms. The molecule has 1 spiro atoms. The molecule has 0 atom stereocenters. The fourth-order valence-corrected chi connectivity index (χ4v) is 11.6. The summed E-state index contributed by atoms with van der Waals surface area (Å²) in [4.78, 5) is 2.39. The first-order valence-corrected chi connectivity index (χ1v) is 22.4. The average molecular weight is 817 g/mol. The number of hydrogen-bond donors (Lipinski definition) is 0. The van der Waals surface area contributed by atoms with E-state index in [4.69, 9.17) is 4.42 Å². The van der Waals surface area contributed by atoms with Crippen LogP contribution in [0.15, 0.2) is 228 Å². The van der Waals surface area contributed by atoms with Crippen molar-refractivity contribution < 1.29 is 4.42 Å². The van der Waals surface area contributed by atoms with Crippen LogP contribution in [0.1, 0.15) is 35.1 Å². The highest BCUT2D eigenvalue weighted by atomic mass is 16.3. The lowest BCUT2D eigenvalue weighted by Gasteiger charge is -2.33. The van der Waals surface area contributed by atoms with Gasteiger partial charge in [0.2, 0.25) is 0 Å². The van der Waals surface area contributed by atoms with Crippen molar-refractivity contribution in [3.63, 3.8) is 0 Å². The van der Waals surface area contributed by atoms with Gasteiger partial charge in [0.1, 0.15) is 11.2 Å². The number of hydrogen-bond acceptors (Lipinski definition) is 2. The summed E-state index contributed by atoms with van der Waals surface area (Å²) in [6.45, 7) is 0. The lowest BCUT2D eigenvalue weighted by atomic mass is 9.68. The van der Waals surface area contributed by atoms with Crippen molar-refractivity contribution in [2.24, 2.45) is 0 Å². The summed E-state index contributed by atoms with van der Waals surface area (Å²) in [6, 6.07) is 75.9. The molecule has 2 heterocycles. The predicted molar refractivity (Wildman–Crippen MR) is 265 cm³/mol. The molecule has 0 radical (unpaired) electrons. The van der Waals surface area contributed by atoms with E-state index in [0.29, 0.717) is 0 Å². The number of aromatic nitrogens is 1. The van der Waals surface area contributed by atoms with Crippen LogP contribution in [0.4, 0.5) is 17.1 Å². The molecule has 0 N–H and O–H groups in total. The van der Waals surface area contributed by atoms with Crippen LogP contribution in [-0.2, 0) is 5.41 Å². The van der Waals surface area contributed by atoms with E-state index in [9.17, 15) is 0 Å². The van der Waals surface area contributed by atoms with Crippen molar-refractivity contribution in [3.05, 3.63) is 246 Å². The topological polar surface area (TPSA) is 21.3 Å². The van der Waals surface area contributed by atoms with Gasteiger partial charge in [-0.3, -0.25) is 0 Å². The molecule has 2 aromatic heterocycles. The highest BCUT2D eigenvalue weighted by Crippen LogP contribution is 2.63. The van der Waals surface area contributed by atoms with Crippen molar-refractivity contribution in [2.45, 2.75) is 18.3 Å². The van der Waals surface area contributed by atoms with Crippen LogP contribution in [-0.4, -0.2) is 4.57 Å². The number of fused-ring (bicyclic) bond motifs is 15. The molecule has 0 unspecified atom stereocenters. The van der Waals surface area contributed by atoms with Gasteiger partial charge >= 0.3 is 0 Å². The fraction of sp³-hybridized carbons (Fsp3) is 0.0492. The first kappa shape index (κ1) is 35.5. The molecule has 0 amide bonds. The summed E-state index contributed by atoms with van der Waals surface area (Å²) in [5.74, 6) is 0. The Labute approximate surface area is 371 Å². The summed E-state index contributed by atoms with van der Waals surface area (Å²) in [5.41, 5.74) is 21.8. The smallest absolute Gasteiger partial charge is 0.135 e. The fourth-order valence-electron chi connectivity index (χ4n) is 11.6. The normalized spacial score (nSPS) is 14.4. The van der Waals surface area contributed by atoms with Gasteiger partial charge in [-0.2, -0.15) is 0 Å². The molecule has 3 aliphatic carbocycles. The van der Waals surface area contributed by atoms with E-state index in [1.54, 1.807) is 0 Å². The number of para-hydroxylation sites is 3. The molecule has 0 aliphatic heterocycles. The molecule has 0 fully saturated rings. The number of anilines is 3. The van der Waals surface area contributed by atoms with E-state index in [1.807, 2.05) is 6.07 Å². The van der Waals surface area contributed by atoms with E-state index in [0.717, 1.165) is 63.0 Å². The summed E-state index contributed by atoms with van der Waals surface area (Å²) < 4.78 is 8.72. The molecule has 0 saturated heterocycles. The van der Waals surface area contributed by atoms with E-state index in [1.165, 1.54) is 71.9 Å². The number of furan rings is 1. The minimum Gasteiger partial charge on any atom is -0.456 e. The van der Waals surface area contributed by atoms with E-state index >= 15 is 0 Å². The van der Waals surface area contributed by atoms with Crippen molar-refractivity contribution in [2.75, 3.05) is 4.90 Å². The Morgan fingerprint density at radius 2 is 1.08 bits per heavy atom. The minimum atomic E-state index is -0.299. The minimum absolute atomic E-state index is 0.299.